The van der Waals surface area contributed by atoms with Gasteiger partial charge in [0.15, 0.2) is 0 Å². The number of sulfonamides is 1. The highest BCUT2D eigenvalue weighted by atomic mass is 35.5. The largest absolute Gasteiger partial charge is 0.478 e. The molecule has 0 aliphatic rings. The van der Waals surface area contributed by atoms with Crippen LogP contribution < -0.4 is 10.5 Å². The number of allylic oxidation sites excluding steroid dienone is 1. The van der Waals surface area contributed by atoms with Crippen LogP contribution in [0.25, 0.3) is 22.2 Å². The fourth-order valence-electron chi connectivity index (χ4n) is 2.94. The van der Waals surface area contributed by atoms with E-state index in [9.17, 15) is 22.7 Å². The number of hydrogen-bond acceptors (Lipinski definition) is 5. The topological polar surface area (TPSA) is 127 Å². The number of hydrogen-bond donors (Lipinski definition) is 3. The number of nitrogens with zero attached hydrogens (tertiary/aromatic N) is 2. The molecule has 0 bridgehead atoms. The minimum Gasteiger partial charge on any atom is -0.478 e. The van der Waals surface area contributed by atoms with Gasteiger partial charge < -0.3 is 15.4 Å². The van der Waals surface area contributed by atoms with E-state index in [1.165, 1.54) is 48.3 Å². The Kier molecular flexibility index (Phi) is 7.32. The van der Waals surface area contributed by atoms with Crippen LogP contribution in [0.1, 0.15) is 10.4 Å². The summed E-state index contributed by atoms with van der Waals surface area (Å²) in [5.41, 5.74) is 7.02. The summed E-state index contributed by atoms with van der Waals surface area (Å²) < 4.78 is 41.9. The molecule has 8 nitrogen and oxygen atoms in total. The van der Waals surface area contributed by atoms with E-state index in [4.69, 9.17) is 5.73 Å². The number of halogens is 2. The van der Waals surface area contributed by atoms with Crippen LogP contribution >= 0.6 is 12.4 Å². The maximum absolute atomic E-state index is 13.9. The molecule has 160 valence electrons. The van der Waals surface area contributed by atoms with Crippen molar-refractivity contribution >= 4 is 39.4 Å². The van der Waals surface area contributed by atoms with Crippen LogP contribution in [0.5, 0.6) is 0 Å². The molecule has 1 aromatic heterocycles. The van der Waals surface area contributed by atoms with Gasteiger partial charge in [0, 0.05) is 12.1 Å². The van der Waals surface area contributed by atoms with Crippen LogP contribution in [-0.2, 0) is 16.6 Å². The number of carboxylic acids is 1. The summed E-state index contributed by atoms with van der Waals surface area (Å²) in [5, 5.41) is 9.49. The van der Waals surface area contributed by atoms with E-state index in [1.54, 1.807) is 12.1 Å². The molecule has 1 heterocycles. The van der Waals surface area contributed by atoms with Gasteiger partial charge >= 0.3 is 5.97 Å². The minimum atomic E-state index is -3.69. The van der Waals surface area contributed by atoms with Crippen LogP contribution in [0.3, 0.4) is 0 Å². The van der Waals surface area contributed by atoms with Gasteiger partial charge in [-0.1, -0.05) is 12.1 Å². The highest BCUT2D eigenvalue weighted by Gasteiger charge is 2.18. The molecule has 30 heavy (non-hydrogen) atoms. The van der Waals surface area contributed by atoms with Gasteiger partial charge in [0.25, 0.3) is 0 Å². The SMILES string of the molecule is CNS(=O)(=O)c1cccc(-c2cc(C(=O)O)cc3c2ncn3C/C(F)=C/CN)c1.Cl. The fraction of sp³-hybridized carbons (Fsp3) is 0.158. The first-order valence-corrected chi connectivity index (χ1v) is 10.1. The van der Waals surface area contributed by atoms with Crippen LogP contribution in [-0.4, -0.2) is 42.6 Å². The number of carboxylic acid groups (broad SMARTS) is 1. The Labute approximate surface area is 178 Å². The lowest BCUT2D eigenvalue weighted by atomic mass is 10.0. The summed E-state index contributed by atoms with van der Waals surface area (Å²) in [6, 6.07) is 8.89. The molecule has 2 aromatic carbocycles. The van der Waals surface area contributed by atoms with Crippen LogP contribution in [0.15, 0.2) is 59.5 Å². The molecule has 4 N–H and O–H groups in total. The fourth-order valence-corrected chi connectivity index (χ4v) is 3.71. The Morgan fingerprint density at radius 1 is 1.33 bits per heavy atom. The number of nitrogens with one attached hydrogen (secondary N) is 1. The Bertz CT molecular complexity index is 1220. The molecular formula is C19H20ClFN4O4S. The number of carbonyl (C=O) groups is 1. The molecule has 11 heteroatoms. The third kappa shape index (κ3) is 4.68. The summed E-state index contributed by atoms with van der Waals surface area (Å²) in [7, 11) is -2.38. The Morgan fingerprint density at radius 2 is 2.07 bits per heavy atom. The van der Waals surface area contributed by atoms with Crippen LogP contribution in [0.4, 0.5) is 4.39 Å². The normalized spacial score (nSPS) is 12.0. The highest BCUT2D eigenvalue weighted by molar-refractivity contribution is 7.89. The van der Waals surface area contributed by atoms with Gasteiger partial charge in [0.2, 0.25) is 10.0 Å². The molecule has 0 aliphatic carbocycles. The number of aromatic carboxylic acids is 1. The third-order valence-electron chi connectivity index (χ3n) is 4.36. The van der Waals surface area contributed by atoms with E-state index in [0.29, 0.717) is 22.2 Å². The zero-order chi connectivity index (χ0) is 21.2. The van der Waals surface area contributed by atoms with Gasteiger partial charge in [0.05, 0.1) is 34.4 Å². The van der Waals surface area contributed by atoms with Gasteiger partial charge in [0.1, 0.15) is 5.83 Å². The van der Waals surface area contributed by atoms with Crippen molar-refractivity contribution in [2.24, 2.45) is 5.73 Å². The number of imidazole rings is 1. The number of benzene rings is 2. The molecule has 0 radical (unpaired) electrons. The van der Waals surface area contributed by atoms with E-state index in [0.717, 1.165) is 0 Å². The van der Waals surface area contributed by atoms with Gasteiger partial charge in [-0.25, -0.2) is 27.3 Å². The second-order valence-electron chi connectivity index (χ2n) is 6.19. The Balaban J connectivity index is 0.00000320. The summed E-state index contributed by atoms with van der Waals surface area (Å²) in [6.07, 6.45) is 2.62. The molecule has 0 saturated carbocycles. The summed E-state index contributed by atoms with van der Waals surface area (Å²) >= 11 is 0. The molecule has 3 aromatic rings. The zero-order valence-corrected chi connectivity index (χ0v) is 17.5. The smallest absolute Gasteiger partial charge is 0.335 e. The highest BCUT2D eigenvalue weighted by Crippen LogP contribution is 2.31. The van der Waals surface area contributed by atoms with Crippen molar-refractivity contribution in [3.8, 4) is 11.1 Å². The summed E-state index contributed by atoms with van der Waals surface area (Å²) in [6.45, 7) is -0.110. The van der Waals surface area contributed by atoms with Crippen molar-refractivity contribution < 1.29 is 22.7 Å². The predicted octanol–water partition coefficient (Wildman–Crippen LogP) is 2.54. The molecule has 0 unspecified atom stereocenters. The lowest BCUT2D eigenvalue weighted by Gasteiger charge is -2.09. The Morgan fingerprint density at radius 3 is 2.70 bits per heavy atom. The minimum absolute atomic E-state index is 0. The standard InChI is InChI=1S/C19H19FN4O4S.ClH/c1-22-29(27,28)15-4-2-3-12(7-15)16-8-13(19(25)26)9-17-18(16)23-11-24(17)10-14(20)5-6-21;/h2-5,7-9,11,22H,6,10,21H2,1H3,(H,25,26);1H/b14-5-;. The third-order valence-corrected chi connectivity index (χ3v) is 5.77. The first kappa shape index (κ1) is 23.5. The molecule has 3 rings (SSSR count). The number of aromatic nitrogens is 2. The molecular weight excluding hydrogens is 435 g/mol. The monoisotopic (exact) mass is 454 g/mol. The van der Waals surface area contributed by atoms with E-state index < -0.39 is 21.8 Å². The molecule has 0 amide bonds. The first-order valence-electron chi connectivity index (χ1n) is 8.57. The van der Waals surface area contributed by atoms with Crippen molar-refractivity contribution in [2.45, 2.75) is 11.4 Å². The predicted molar refractivity (Wildman–Crippen MR) is 114 cm³/mol. The molecule has 0 spiro atoms. The summed E-state index contributed by atoms with van der Waals surface area (Å²) in [4.78, 5) is 16.0. The van der Waals surface area contributed by atoms with Crippen molar-refractivity contribution in [1.29, 1.82) is 0 Å². The second-order valence-corrected chi connectivity index (χ2v) is 8.08. The Hall–Kier alpha value is -2.79. The maximum Gasteiger partial charge on any atom is 0.335 e. The lowest BCUT2D eigenvalue weighted by Crippen LogP contribution is -2.18. The average molecular weight is 455 g/mol. The second kappa shape index (κ2) is 9.35. The number of fused-ring (bicyclic) bond motifs is 1. The van der Waals surface area contributed by atoms with E-state index >= 15 is 0 Å². The van der Waals surface area contributed by atoms with Crippen molar-refractivity contribution in [3.63, 3.8) is 0 Å². The van der Waals surface area contributed by atoms with Gasteiger partial charge in [-0.2, -0.15) is 0 Å². The van der Waals surface area contributed by atoms with Gasteiger partial charge in [-0.3, -0.25) is 0 Å². The zero-order valence-electron chi connectivity index (χ0n) is 15.9. The lowest BCUT2D eigenvalue weighted by molar-refractivity contribution is 0.0697. The number of nitrogens with two attached hydrogens (primary N) is 1. The van der Waals surface area contributed by atoms with Gasteiger partial charge in [-0.15, -0.1) is 12.4 Å². The van der Waals surface area contributed by atoms with Gasteiger partial charge in [-0.05, 0) is 43.0 Å². The molecule has 0 fully saturated rings. The van der Waals surface area contributed by atoms with Crippen molar-refractivity contribution in [3.05, 3.63) is 60.2 Å². The van der Waals surface area contributed by atoms with Crippen LogP contribution in [0.2, 0.25) is 0 Å². The van der Waals surface area contributed by atoms with Crippen molar-refractivity contribution in [2.75, 3.05) is 13.6 Å². The van der Waals surface area contributed by atoms with E-state index in [1.807, 2.05) is 0 Å². The molecule has 0 saturated heterocycles. The van der Waals surface area contributed by atoms with E-state index in [2.05, 4.69) is 9.71 Å². The number of rotatable bonds is 7. The molecule has 0 atom stereocenters. The van der Waals surface area contributed by atoms with Crippen LogP contribution in [0, 0.1) is 0 Å². The maximum atomic E-state index is 13.9. The summed E-state index contributed by atoms with van der Waals surface area (Å²) in [5.74, 6) is -1.64. The quantitative estimate of drug-likeness (QED) is 0.503. The first-order chi connectivity index (χ1) is 13.8. The van der Waals surface area contributed by atoms with Crippen molar-refractivity contribution in [1.82, 2.24) is 14.3 Å². The van der Waals surface area contributed by atoms with E-state index in [-0.39, 0.29) is 36.0 Å². The molecule has 0 aliphatic heterocycles. The average Bonchev–Trinajstić information content (AvgIpc) is 3.10.